The van der Waals surface area contributed by atoms with E-state index in [9.17, 15) is 0 Å². The van der Waals surface area contributed by atoms with E-state index in [1.54, 1.807) is 11.3 Å². The van der Waals surface area contributed by atoms with E-state index >= 15 is 0 Å². The van der Waals surface area contributed by atoms with Gasteiger partial charge in [0.15, 0.2) is 0 Å². The summed E-state index contributed by atoms with van der Waals surface area (Å²) in [5.41, 5.74) is 13.5. The zero-order valence-electron chi connectivity index (χ0n) is 36.6. The molecule has 3 heteroatoms. The Morgan fingerprint density at radius 3 is 1.85 bits per heavy atom. The van der Waals surface area contributed by atoms with Gasteiger partial charge in [0, 0.05) is 32.6 Å². The molecule has 0 unspecified atom stereocenters. The van der Waals surface area contributed by atoms with E-state index in [2.05, 4.69) is 185 Å². The first-order valence-corrected chi connectivity index (χ1v) is 22.3. The molecule has 1 aromatic heterocycles. The molecule has 8 aromatic rings. The van der Waals surface area contributed by atoms with Crippen LogP contribution >= 0.6 is 11.3 Å². The highest BCUT2D eigenvalue weighted by Crippen LogP contribution is 2.44. The third-order valence-corrected chi connectivity index (χ3v) is 12.1. The van der Waals surface area contributed by atoms with Crippen molar-refractivity contribution in [3.63, 3.8) is 0 Å². The molecular formula is C59H54N2S. The number of fused-ring (bicyclic) bond motifs is 4. The first-order valence-electron chi connectivity index (χ1n) is 21.4. The minimum absolute atomic E-state index is 0.732. The fourth-order valence-corrected chi connectivity index (χ4v) is 8.85. The molecule has 0 saturated heterocycles. The maximum absolute atomic E-state index is 5.36. The summed E-state index contributed by atoms with van der Waals surface area (Å²) in [6.45, 7) is 23.0. The van der Waals surface area contributed by atoms with Crippen LogP contribution in [0.2, 0.25) is 0 Å². The molecule has 9 rings (SSSR count). The summed E-state index contributed by atoms with van der Waals surface area (Å²) in [4.78, 5) is 10.4. The Labute approximate surface area is 372 Å². The van der Waals surface area contributed by atoms with E-state index in [0.29, 0.717) is 0 Å². The number of benzene rings is 7. The summed E-state index contributed by atoms with van der Waals surface area (Å²) in [5, 5.41) is 7.10. The van der Waals surface area contributed by atoms with Crippen LogP contribution in [0.15, 0.2) is 211 Å². The van der Waals surface area contributed by atoms with Crippen molar-refractivity contribution in [3.05, 3.63) is 229 Å². The van der Waals surface area contributed by atoms with Crippen LogP contribution in [0, 0.1) is 0 Å². The second kappa shape index (κ2) is 20.1. The Kier molecular flexibility index (Phi) is 14.0. The molecule has 7 aromatic carbocycles. The molecule has 0 radical (unpaired) electrons. The van der Waals surface area contributed by atoms with Gasteiger partial charge < -0.3 is 0 Å². The van der Waals surface area contributed by atoms with Crippen LogP contribution in [0.25, 0.3) is 59.6 Å². The molecule has 1 aliphatic carbocycles. The zero-order chi connectivity index (χ0) is 43.6. The van der Waals surface area contributed by atoms with Crippen LogP contribution in [0.3, 0.4) is 0 Å². The molecular weight excluding hydrogens is 769 g/mol. The summed E-state index contributed by atoms with van der Waals surface area (Å²) in [6.07, 6.45) is 8.75. The second-order valence-electron chi connectivity index (χ2n) is 15.3. The van der Waals surface area contributed by atoms with Crippen LogP contribution in [0.5, 0.6) is 0 Å². The Hall–Kier alpha value is -6.94. The van der Waals surface area contributed by atoms with E-state index in [1.807, 2.05) is 45.0 Å². The zero-order valence-corrected chi connectivity index (χ0v) is 37.4. The molecule has 1 heterocycles. The Morgan fingerprint density at radius 1 is 0.532 bits per heavy atom. The Bertz CT molecular complexity index is 3040. The van der Waals surface area contributed by atoms with Gasteiger partial charge in [-0.05, 0) is 124 Å². The SMILES string of the molecule is C=C(C)c1ccccc1.C=C(N=C(C)C1=CCCC=C1)c1cc(/C(C)=N/c2sc3ccccc3c2C(=C)c2ccccc2)cc(-c2ccc3c(ccc4ccccc43)c2)c1.CC. The van der Waals surface area contributed by atoms with Crippen LogP contribution in [0.1, 0.15) is 75.3 Å². The summed E-state index contributed by atoms with van der Waals surface area (Å²) in [5.74, 6) is 0. The van der Waals surface area contributed by atoms with Crippen molar-refractivity contribution in [2.24, 2.45) is 9.98 Å². The summed E-state index contributed by atoms with van der Waals surface area (Å²) >= 11 is 1.71. The summed E-state index contributed by atoms with van der Waals surface area (Å²) < 4.78 is 1.19. The van der Waals surface area contributed by atoms with Crippen LogP contribution in [-0.2, 0) is 0 Å². The smallest absolute Gasteiger partial charge is 0.125 e. The highest BCUT2D eigenvalue weighted by molar-refractivity contribution is 7.23. The van der Waals surface area contributed by atoms with Gasteiger partial charge in [-0.1, -0.05) is 185 Å². The van der Waals surface area contributed by atoms with Crippen molar-refractivity contribution in [1.82, 2.24) is 0 Å². The molecule has 0 fully saturated rings. The Balaban J connectivity index is 0.000000464. The number of allylic oxidation sites excluding steroid dienone is 5. The van der Waals surface area contributed by atoms with Crippen LogP contribution < -0.4 is 0 Å². The first-order chi connectivity index (χ1) is 30.2. The molecule has 0 N–H and O–H groups in total. The van der Waals surface area contributed by atoms with Gasteiger partial charge in [0.2, 0.25) is 0 Å². The lowest BCUT2D eigenvalue weighted by atomic mass is 9.94. The molecule has 0 saturated carbocycles. The van der Waals surface area contributed by atoms with Gasteiger partial charge in [-0.2, -0.15) is 0 Å². The Morgan fingerprint density at radius 2 is 1.16 bits per heavy atom. The van der Waals surface area contributed by atoms with E-state index in [1.165, 1.54) is 37.2 Å². The van der Waals surface area contributed by atoms with Gasteiger partial charge in [-0.15, -0.1) is 11.3 Å². The molecule has 0 atom stereocenters. The quantitative estimate of drug-likeness (QED) is 0.102. The van der Waals surface area contributed by atoms with E-state index in [4.69, 9.17) is 9.98 Å². The van der Waals surface area contributed by atoms with Crippen molar-refractivity contribution in [1.29, 1.82) is 0 Å². The first kappa shape index (κ1) is 43.2. The second-order valence-corrected chi connectivity index (χ2v) is 16.3. The molecule has 62 heavy (non-hydrogen) atoms. The van der Waals surface area contributed by atoms with E-state index in [0.717, 1.165) is 85.1 Å². The lowest BCUT2D eigenvalue weighted by molar-refractivity contribution is 1.03. The number of rotatable bonds is 9. The number of aliphatic imine (C=N–C) groups is 2. The van der Waals surface area contributed by atoms with Gasteiger partial charge in [-0.25, -0.2) is 4.99 Å². The van der Waals surface area contributed by atoms with Crippen molar-refractivity contribution in [2.75, 3.05) is 0 Å². The molecule has 0 bridgehead atoms. The van der Waals surface area contributed by atoms with Gasteiger partial charge in [0.25, 0.3) is 0 Å². The molecule has 1 aliphatic rings. The summed E-state index contributed by atoms with van der Waals surface area (Å²) in [6, 6.07) is 55.5. The van der Waals surface area contributed by atoms with Crippen LogP contribution in [-0.4, -0.2) is 11.4 Å². The molecule has 0 spiro atoms. The fraction of sp³-hybridized carbons (Fsp3) is 0.119. The lowest BCUT2D eigenvalue weighted by Crippen LogP contribution is -2.00. The topological polar surface area (TPSA) is 24.7 Å². The van der Waals surface area contributed by atoms with Gasteiger partial charge in [-0.3, -0.25) is 4.99 Å². The van der Waals surface area contributed by atoms with Gasteiger partial charge >= 0.3 is 0 Å². The highest BCUT2D eigenvalue weighted by atomic mass is 32.1. The van der Waals surface area contributed by atoms with Crippen LogP contribution in [0.4, 0.5) is 5.00 Å². The van der Waals surface area contributed by atoms with Crippen molar-refractivity contribution in [2.45, 2.75) is 47.5 Å². The standard InChI is InChI=1S/C48H38N2S.C9H10.C2H6/c1-31(35-15-7-5-8-16-35)47-45-21-13-14-22-46(45)51-48(47)50-34(4)41-28-40(33(3)49-32(2)36-17-9-6-10-18-36)29-42(30-41)38-25-26-44-39(27-38)24-23-37-19-11-12-20-43(37)44;1-8(2)9-6-4-3-5-7-9;1-2/h5,7-9,11-30H,1,3,6,10H2,2,4H3;3-7H,1H2,2H3;1-2H3/b49-32?,50-34+;;. The summed E-state index contributed by atoms with van der Waals surface area (Å²) in [7, 11) is 0. The fourth-order valence-electron chi connectivity index (χ4n) is 7.70. The van der Waals surface area contributed by atoms with Gasteiger partial charge in [0.1, 0.15) is 5.00 Å². The number of nitrogens with zero attached hydrogens (tertiary/aromatic N) is 2. The molecule has 0 aliphatic heterocycles. The lowest BCUT2D eigenvalue weighted by Gasteiger charge is -2.13. The predicted octanol–water partition coefficient (Wildman–Crippen LogP) is 17.5. The minimum atomic E-state index is 0.732. The van der Waals surface area contributed by atoms with Crippen molar-refractivity contribution >= 4 is 76.2 Å². The average Bonchev–Trinajstić information content (AvgIpc) is 3.70. The monoisotopic (exact) mass is 822 g/mol. The normalized spacial score (nSPS) is 12.6. The van der Waals surface area contributed by atoms with Gasteiger partial charge in [0.05, 0.1) is 5.70 Å². The van der Waals surface area contributed by atoms with E-state index < -0.39 is 0 Å². The average molecular weight is 823 g/mol. The third-order valence-electron chi connectivity index (χ3n) is 11.0. The molecule has 0 amide bonds. The minimum Gasteiger partial charge on any atom is -0.253 e. The highest BCUT2D eigenvalue weighted by Gasteiger charge is 2.17. The maximum Gasteiger partial charge on any atom is 0.125 e. The third kappa shape index (κ3) is 9.81. The number of thiophene rings is 1. The number of hydrogen-bond acceptors (Lipinski definition) is 3. The molecule has 2 nitrogen and oxygen atoms in total. The van der Waals surface area contributed by atoms with Crippen molar-refractivity contribution < 1.29 is 0 Å². The van der Waals surface area contributed by atoms with Crippen molar-refractivity contribution in [3.8, 4) is 11.1 Å². The predicted molar refractivity (Wildman–Crippen MR) is 276 cm³/mol. The maximum atomic E-state index is 5.36. The number of hydrogen-bond donors (Lipinski definition) is 0. The largest absolute Gasteiger partial charge is 0.253 e. The molecule has 306 valence electrons. The van der Waals surface area contributed by atoms with E-state index in [-0.39, 0.29) is 0 Å².